The van der Waals surface area contributed by atoms with Crippen molar-refractivity contribution >= 4 is 38.3 Å². The van der Waals surface area contributed by atoms with Gasteiger partial charge in [0.25, 0.3) is 0 Å². The van der Waals surface area contributed by atoms with Crippen LogP contribution in [0.15, 0.2) is 22.8 Å². The molecule has 144 valence electrons. The zero-order valence-corrected chi connectivity index (χ0v) is 17.4. The number of hydrogen-bond acceptors (Lipinski definition) is 4. The summed E-state index contributed by atoms with van der Waals surface area (Å²) in [7, 11) is 4.26. The summed E-state index contributed by atoms with van der Waals surface area (Å²) in [4.78, 5) is 19.5. The van der Waals surface area contributed by atoms with Gasteiger partial charge in [0.15, 0.2) is 5.78 Å². The summed E-state index contributed by atoms with van der Waals surface area (Å²) in [6.07, 6.45) is 7.94. The maximum absolute atomic E-state index is 14.0. The Hall–Kier alpha value is -1.53. The minimum atomic E-state index is -0.339. The molecule has 4 nitrogen and oxygen atoms in total. The van der Waals surface area contributed by atoms with Crippen LogP contribution in [-0.2, 0) is 0 Å². The molecule has 27 heavy (non-hydrogen) atoms. The number of nitrogens with zero attached hydrogens (tertiary/aromatic N) is 2. The summed E-state index contributed by atoms with van der Waals surface area (Å²) in [5.41, 5.74) is 2.05. The molecule has 0 amide bonds. The third-order valence-corrected chi connectivity index (χ3v) is 6.51. The third kappa shape index (κ3) is 3.87. The van der Waals surface area contributed by atoms with Gasteiger partial charge in [0.2, 0.25) is 0 Å². The molecule has 4 rings (SSSR count). The number of ketones is 1. The quantitative estimate of drug-likeness (QED) is 0.672. The van der Waals surface area contributed by atoms with E-state index >= 15 is 0 Å². The molecule has 0 spiro atoms. The first-order valence-electron chi connectivity index (χ1n) is 9.69. The first kappa shape index (κ1) is 18.8. The van der Waals surface area contributed by atoms with E-state index in [0.717, 1.165) is 49.6 Å². The lowest BCUT2D eigenvalue weighted by molar-refractivity contribution is 0.0968. The minimum Gasteiger partial charge on any atom is -0.381 e. The number of fused-ring (bicyclic) bond motifs is 1. The van der Waals surface area contributed by atoms with Gasteiger partial charge in [-0.2, -0.15) is 0 Å². The maximum Gasteiger partial charge on any atom is 0.169 e. The molecule has 0 saturated heterocycles. The van der Waals surface area contributed by atoms with Gasteiger partial charge < -0.3 is 10.2 Å². The van der Waals surface area contributed by atoms with Crippen molar-refractivity contribution in [2.75, 3.05) is 19.4 Å². The molecule has 0 aliphatic heterocycles. The SMILES string of the molecule is CN(C)C1CCC(Nc2c(C(=O)C3CC3)cnc3cc(F)c(Br)cc23)CC1. The molecule has 1 aromatic heterocycles. The molecule has 0 atom stereocenters. The Balaban J connectivity index is 1.69. The van der Waals surface area contributed by atoms with Crippen LogP contribution in [0, 0.1) is 11.7 Å². The van der Waals surface area contributed by atoms with Crippen LogP contribution < -0.4 is 5.32 Å². The van der Waals surface area contributed by atoms with Crippen LogP contribution in [0.2, 0.25) is 0 Å². The number of hydrogen-bond donors (Lipinski definition) is 1. The second-order valence-corrected chi connectivity index (χ2v) is 8.94. The van der Waals surface area contributed by atoms with E-state index in [1.165, 1.54) is 6.07 Å². The molecule has 2 aliphatic rings. The van der Waals surface area contributed by atoms with Crippen molar-refractivity contribution in [2.24, 2.45) is 5.92 Å². The molecule has 1 heterocycles. The number of anilines is 1. The average Bonchev–Trinajstić information content (AvgIpc) is 3.48. The largest absolute Gasteiger partial charge is 0.381 e. The highest BCUT2D eigenvalue weighted by molar-refractivity contribution is 9.10. The van der Waals surface area contributed by atoms with Crippen molar-refractivity contribution in [3.63, 3.8) is 0 Å². The number of aromatic nitrogens is 1. The Labute approximate surface area is 167 Å². The van der Waals surface area contributed by atoms with Gasteiger partial charge in [-0.25, -0.2) is 4.39 Å². The zero-order valence-electron chi connectivity index (χ0n) is 15.8. The molecule has 1 aromatic carbocycles. The number of pyridine rings is 1. The summed E-state index contributed by atoms with van der Waals surface area (Å²) < 4.78 is 14.4. The molecule has 2 aliphatic carbocycles. The second kappa shape index (κ2) is 7.47. The van der Waals surface area contributed by atoms with Gasteiger partial charge in [-0.05, 0) is 74.6 Å². The van der Waals surface area contributed by atoms with Crippen molar-refractivity contribution in [1.29, 1.82) is 0 Å². The second-order valence-electron chi connectivity index (χ2n) is 8.08. The minimum absolute atomic E-state index is 0.123. The lowest BCUT2D eigenvalue weighted by atomic mass is 9.90. The number of rotatable bonds is 5. The summed E-state index contributed by atoms with van der Waals surface area (Å²) >= 11 is 3.28. The van der Waals surface area contributed by atoms with Crippen LogP contribution in [0.4, 0.5) is 10.1 Å². The fourth-order valence-electron chi connectivity index (χ4n) is 4.04. The van der Waals surface area contributed by atoms with Crippen molar-refractivity contribution in [2.45, 2.75) is 50.6 Å². The molecular weight excluding hydrogens is 409 g/mol. The summed E-state index contributed by atoms with van der Waals surface area (Å²) in [6, 6.07) is 4.11. The van der Waals surface area contributed by atoms with Crippen LogP contribution in [0.1, 0.15) is 48.9 Å². The van der Waals surface area contributed by atoms with E-state index < -0.39 is 0 Å². The van der Waals surface area contributed by atoms with Gasteiger partial charge in [-0.1, -0.05) is 0 Å². The number of carbonyl (C=O) groups excluding carboxylic acids is 1. The predicted molar refractivity (Wildman–Crippen MR) is 110 cm³/mol. The molecular formula is C21H25BrFN3O. The molecule has 2 fully saturated rings. The van der Waals surface area contributed by atoms with E-state index in [0.29, 0.717) is 27.6 Å². The van der Waals surface area contributed by atoms with Crippen molar-refractivity contribution in [1.82, 2.24) is 9.88 Å². The summed E-state index contributed by atoms with van der Waals surface area (Å²) in [6.45, 7) is 0. The van der Waals surface area contributed by atoms with Gasteiger partial charge in [0, 0.05) is 35.7 Å². The zero-order chi connectivity index (χ0) is 19.1. The van der Waals surface area contributed by atoms with E-state index in [1.54, 1.807) is 12.3 Å². The van der Waals surface area contributed by atoms with E-state index in [9.17, 15) is 9.18 Å². The van der Waals surface area contributed by atoms with Crippen LogP contribution >= 0.6 is 15.9 Å². The summed E-state index contributed by atoms with van der Waals surface area (Å²) in [5.74, 6) is -0.0544. The first-order valence-corrected chi connectivity index (χ1v) is 10.5. The topological polar surface area (TPSA) is 45.2 Å². The van der Waals surface area contributed by atoms with E-state index in [2.05, 4.69) is 45.2 Å². The molecule has 1 N–H and O–H groups in total. The van der Waals surface area contributed by atoms with Crippen LogP contribution in [0.3, 0.4) is 0 Å². The van der Waals surface area contributed by atoms with E-state index in [-0.39, 0.29) is 17.5 Å². The third-order valence-electron chi connectivity index (χ3n) is 5.90. The van der Waals surface area contributed by atoms with Crippen molar-refractivity contribution < 1.29 is 9.18 Å². The normalized spacial score (nSPS) is 23.0. The lowest BCUT2D eigenvalue weighted by Crippen LogP contribution is -2.36. The molecule has 0 unspecified atom stereocenters. The molecule has 0 radical (unpaired) electrons. The Morgan fingerprint density at radius 1 is 1.19 bits per heavy atom. The van der Waals surface area contributed by atoms with Crippen LogP contribution in [0.5, 0.6) is 0 Å². The lowest BCUT2D eigenvalue weighted by Gasteiger charge is -2.34. The fraction of sp³-hybridized carbons (Fsp3) is 0.524. The van der Waals surface area contributed by atoms with Crippen molar-refractivity contribution in [3.05, 3.63) is 34.2 Å². The van der Waals surface area contributed by atoms with Crippen molar-refractivity contribution in [3.8, 4) is 0 Å². The highest BCUT2D eigenvalue weighted by atomic mass is 79.9. The number of nitrogens with one attached hydrogen (secondary N) is 1. The van der Waals surface area contributed by atoms with E-state index in [4.69, 9.17) is 0 Å². The summed E-state index contributed by atoms with van der Waals surface area (Å²) in [5, 5.41) is 4.45. The predicted octanol–water partition coefficient (Wildman–Crippen LogP) is 5.01. The monoisotopic (exact) mass is 433 g/mol. The Kier molecular flexibility index (Phi) is 5.21. The van der Waals surface area contributed by atoms with Gasteiger partial charge in [0.05, 0.1) is 21.2 Å². The number of benzene rings is 1. The highest BCUT2D eigenvalue weighted by Crippen LogP contribution is 2.38. The van der Waals surface area contributed by atoms with E-state index in [1.807, 2.05) is 0 Å². The fourth-order valence-corrected chi connectivity index (χ4v) is 4.38. The van der Waals surface area contributed by atoms with Gasteiger partial charge in [0.1, 0.15) is 5.82 Å². The Bertz CT molecular complexity index is 873. The Morgan fingerprint density at radius 2 is 1.89 bits per heavy atom. The van der Waals surface area contributed by atoms with Crippen LogP contribution in [-0.4, -0.2) is 41.8 Å². The standard InChI is InChI=1S/C21H25BrFN3O/c1-26(2)14-7-5-13(6-8-14)25-20-15-9-17(22)18(23)10-19(15)24-11-16(20)21(27)12-3-4-12/h9-14H,3-8H2,1-2H3,(H,24,25). The number of Topliss-reactive ketones (excluding diaryl/α,β-unsaturated/α-hetero) is 1. The molecule has 6 heteroatoms. The maximum atomic E-state index is 14.0. The first-order chi connectivity index (χ1) is 12.9. The average molecular weight is 434 g/mol. The number of carbonyl (C=O) groups is 1. The molecule has 2 saturated carbocycles. The molecule has 2 aromatic rings. The Morgan fingerprint density at radius 3 is 2.52 bits per heavy atom. The van der Waals surface area contributed by atoms with Crippen LogP contribution in [0.25, 0.3) is 10.9 Å². The highest BCUT2D eigenvalue weighted by Gasteiger charge is 2.33. The number of halogens is 2. The van der Waals surface area contributed by atoms with Gasteiger partial charge >= 0.3 is 0 Å². The van der Waals surface area contributed by atoms with Gasteiger partial charge in [-0.3, -0.25) is 9.78 Å². The molecule has 0 bridgehead atoms. The van der Waals surface area contributed by atoms with Gasteiger partial charge in [-0.15, -0.1) is 0 Å². The smallest absolute Gasteiger partial charge is 0.169 e.